The first-order valence-electron chi connectivity index (χ1n) is 8.82. The molecule has 2 fully saturated rings. The smallest absolute Gasteiger partial charge is 0.272 e. The minimum Gasteiger partial charge on any atom is -0.348 e. The molecule has 0 unspecified atom stereocenters. The molecule has 1 saturated carbocycles. The van der Waals surface area contributed by atoms with Gasteiger partial charge >= 0.3 is 0 Å². The Hall–Kier alpha value is -2.12. The van der Waals surface area contributed by atoms with Crippen LogP contribution in [0, 0.1) is 18.6 Å². The van der Waals surface area contributed by atoms with Gasteiger partial charge in [-0.15, -0.1) is 0 Å². The molecule has 2 aromatic rings. The molecule has 1 saturated heterocycles. The minimum atomic E-state index is -0.753. The summed E-state index contributed by atoms with van der Waals surface area (Å²) in [6.07, 6.45) is 2.77. The lowest BCUT2D eigenvalue weighted by Crippen LogP contribution is -2.35. The molecule has 0 amide bonds. The standard InChI is InChI=1S/C19H20F2N2O3/c1-11-15(12-5-7-19(8-6-12)25-9-10-26-19)17(18(24)23-22-11)16-13(20)3-2-4-14(16)21/h2-4,12H,5-10H2,1H3,(H,23,24). The largest absolute Gasteiger partial charge is 0.348 e. The van der Waals surface area contributed by atoms with Crippen LogP contribution in [0.2, 0.25) is 0 Å². The molecule has 1 aliphatic carbocycles. The summed E-state index contributed by atoms with van der Waals surface area (Å²) in [4.78, 5) is 12.5. The summed E-state index contributed by atoms with van der Waals surface area (Å²) in [7, 11) is 0. The van der Waals surface area contributed by atoms with Crippen LogP contribution in [0.4, 0.5) is 8.78 Å². The number of aromatic nitrogens is 2. The number of rotatable bonds is 2. The fourth-order valence-corrected chi connectivity index (χ4v) is 4.17. The van der Waals surface area contributed by atoms with E-state index in [0.717, 1.165) is 12.1 Å². The second-order valence-corrected chi connectivity index (χ2v) is 6.91. The first-order valence-corrected chi connectivity index (χ1v) is 8.82. The third-order valence-corrected chi connectivity index (χ3v) is 5.39. The Morgan fingerprint density at radius 1 is 1.12 bits per heavy atom. The highest BCUT2D eigenvalue weighted by molar-refractivity contribution is 5.69. The fourth-order valence-electron chi connectivity index (χ4n) is 4.17. The van der Waals surface area contributed by atoms with Crippen LogP contribution in [0.1, 0.15) is 42.9 Å². The predicted octanol–water partition coefficient (Wildman–Crippen LogP) is 3.42. The maximum atomic E-state index is 14.4. The van der Waals surface area contributed by atoms with Gasteiger partial charge in [0.15, 0.2) is 5.79 Å². The van der Waals surface area contributed by atoms with Crippen molar-refractivity contribution in [3.63, 3.8) is 0 Å². The highest BCUT2D eigenvalue weighted by Crippen LogP contribution is 2.45. The normalized spacial score (nSPS) is 20.0. The molecule has 1 spiro atoms. The summed E-state index contributed by atoms with van der Waals surface area (Å²) in [5.74, 6) is -2.07. The van der Waals surface area contributed by atoms with Crippen molar-refractivity contribution in [2.24, 2.45) is 0 Å². The Kier molecular flexibility index (Phi) is 4.36. The van der Waals surface area contributed by atoms with E-state index >= 15 is 0 Å². The lowest BCUT2D eigenvalue weighted by atomic mass is 9.78. The van der Waals surface area contributed by atoms with E-state index in [-0.39, 0.29) is 17.0 Å². The highest BCUT2D eigenvalue weighted by Gasteiger charge is 2.41. The van der Waals surface area contributed by atoms with Gasteiger partial charge in [-0.05, 0) is 43.4 Å². The Morgan fingerprint density at radius 2 is 1.73 bits per heavy atom. The summed E-state index contributed by atoms with van der Waals surface area (Å²) in [6.45, 7) is 2.92. The van der Waals surface area contributed by atoms with Crippen molar-refractivity contribution in [1.82, 2.24) is 10.2 Å². The van der Waals surface area contributed by atoms with Crippen LogP contribution in [0.5, 0.6) is 0 Å². The van der Waals surface area contributed by atoms with Gasteiger partial charge in [0.05, 0.1) is 30.0 Å². The molecule has 7 heteroatoms. The summed E-state index contributed by atoms with van der Waals surface area (Å²) in [6, 6.07) is 3.61. The van der Waals surface area contributed by atoms with Gasteiger partial charge in [0.25, 0.3) is 5.56 Å². The van der Waals surface area contributed by atoms with Gasteiger partial charge in [0.1, 0.15) is 11.6 Å². The second kappa shape index (κ2) is 6.55. The maximum Gasteiger partial charge on any atom is 0.272 e. The van der Waals surface area contributed by atoms with E-state index in [2.05, 4.69) is 10.2 Å². The van der Waals surface area contributed by atoms with E-state index in [1.54, 1.807) is 6.92 Å². The highest BCUT2D eigenvalue weighted by atomic mass is 19.1. The lowest BCUT2D eigenvalue weighted by molar-refractivity contribution is -0.178. The Morgan fingerprint density at radius 3 is 2.35 bits per heavy atom. The molecule has 0 radical (unpaired) electrons. The zero-order valence-corrected chi connectivity index (χ0v) is 14.5. The first kappa shape index (κ1) is 17.3. The summed E-state index contributed by atoms with van der Waals surface area (Å²) >= 11 is 0. The van der Waals surface area contributed by atoms with Crippen LogP contribution in [-0.2, 0) is 9.47 Å². The van der Waals surface area contributed by atoms with E-state index in [1.807, 2.05) is 0 Å². The van der Waals surface area contributed by atoms with Crippen LogP contribution in [0.25, 0.3) is 11.1 Å². The molecular formula is C19H20F2N2O3. The van der Waals surface area contributed by atoms with Crippen molar-refractivity contribution < 1.29 is 18.3 Å². The van der Waals surface area contributed by atoms with Gasteiger partial charge in [0.2, 0.25) is 0 Å². The quantitative estimate of drug-likeness (QED) is 0.889. The van der Waals surface area contributed by atoms with E-state index in [4.69, 9.17) is 9.47 Å². The van der Waals surface area contributed by atoms with Gasteiger partial charge in [-0.2, -0.15) is 5.10 Å². The van der Waals surface area contributed by atoms with E-state index in [9.17, 15) is 13.6 Å². The number of benzene rings is 1. The van der Waals surface area contributed by atoms with Crippen LogP contribution >= 0.6 is 0 Å². The number of H-pyrrole nitrogens is 1. The van der Waals surface area contributed by atoms with Gasteiger partial charge < -0.3 is 9.47 Å². The fraction of sp³-hybridized carbons (Fsp3) is 0.474. The molecule has 1 aromatic carbocycles. The molecule has 2 aliphatic rings. The number of ether oxygens (including phenoxy) is 2. The average molecular weight is 362 g/mol. The van der Waals surface area contributed by atoms with E-state index in [0.29, 0.717) is 50.2 Å². The minimum absolute atomic E-state index is 0.0303. The van der Waals surface area contributed by atoms with Gasteiger partial charge in [-0.3, -0.25) is 4.79 Å². The molecule has 0 atom stereocenters. The SMILES string of the molecule is Cc1n[nH]c(=O)c(-c2c(F)cccc2F)c1C1CCC2(CC1)OCCO2. The molecular weight excluding hydrogens is 342 g/mol. The number of hydrogen-bond donors (Lipinski definition) is 1. The molecule has 5 nitrogen and oxygen atoms in total. The number of nitrogens with zero attached hydrogens (tertiary/aromatic N) is 1. The predicted molar refractivity (Wildman–Crippen MR) is 90.8 cm³/mol. The lowest BCUT2D eigenvalue weighted by Gasteiger charge is -2.36. The van der Waals surface area contributed by atoms with Crippen molar-refractivity contribution in [1.29, 1.82) is 0 Å². The number of aromatic amines is 1. The molecule has 0 bridgehead atoms. The summed E-state index contributed by atoms with van der Waals surface area (Å²) in [5, 5.41) is 6.40. The molecule has 1 aliphatic heterocycles. The van der Waals surface area contributed by atoms with Gasteiger partial charge in [0, 0.05) is 12.8 Å². The Bertz CT molecular complexity index is 861. The van der Waals surface area contributed by atoms with Crippen molar-refractivity contribution in [3.8, 4) is 11.1 Å². The van der Waals surface area contributed by atoms with Gasteiger partial charge in [-0.25, -0.2) is 13.9 Å². The van der Waals surface area contributed by atoms with Crippen molar-refractivity contribution >= 4 is 0 Å². The topological polar surface area (TPSA) is 64.2 Å². The third kappa shape index (κ3) is 2.85. The van der Waals surface area contributed by atoms with Crippen molar-refractivity contribution in [2.75, 3.05) is 13.2 Å². The Balaban J connectivity index is 1.78. The second-order valence-electron chi connectivity index (χ2n) is 6.91. The zero-order valence-electron chi connectivity index (χ0n) is 14.5. The Labute approximate surface area is 149 Å². The zero-order chi connectivity index (χ0) is 18.3. The third-order valence-electron chi connectivity index (χ3n) is 5.39. The molecule has 138 valence electrons. The van der Waals surface area contributed by atoms with Crippen molar-refractivity contribution in [3.05, 3.63) is 51.4 Å². The molecule has 1 N–H and O–H groups in total. The number of aryl methyl sites for hydroxylation is 1. The van der Waals surface area contributed by atoms with E-state index < -0.39 is 23.0 Å². The summed E-state index contributed by atoms with van der Waals surface area (Å²) in [5.41, 5.74) is 0.371. The number of hydrogen-bond acceptors (Lipinski definition) is 4. The first-order chi connectivity index (χ1) is 12.5. The molecule has 26 heavy (non-hydrogen) atoms. The van der Waals surface area contributed by atoms with Crippen LogP contribution in [-0.4, -0.2) is 29.2 Å². The van der Waals surface area contributed by atoms with Crippen LogP contribution < -0.4 is 5.56 Å². The van der Waals surface area contributed by atoms with Crippen LogP contribution in [0.15, 0.2) is 23.0 Å². The van der Waals surface area contributed by atoms with Gasteiger partial charge in [-0.1, -0.05) is 6.07 Å². The molecule has 2 heterocycles. The monoisotopic (exact) mass is 362 g/mol. The summed E-state index contributed by atoms with van der Waals surface area (Å²) < 4.78 is 40.3. The average Bonchev–Trinajstić information content (AvgIpc) is 3.07. The van der Waals surface area contributed by atoms with Crippen molar-refractivity contribution in [2.45, 2.75) is 44.3 Å². The van der Waals surface area contributed by atoms with Crippen LogP contribution in [0.3, 0.4) is 0 Å². The molecule has 1 aromatic heterocycles. The number of halogens is 2. The van der Waals surface area contributed by atoms with E-state index in [1.165, 1.54) is 6.07 Å². The number of nitrogens with one attached hydrogen (secondary N) is 1. The maximum absolute atomic E-state index is 14.4. The molecule has 4 rings (SSSR count).